The number of amides is 1. The highest BCUT2D eigenvalue weighted by Crippen LogP contribution is 2.28. The minimum absolute atomic E-state index is 0. The third-order valence-corrected chi connectivity index (χ3v) is 5.91. The van der Waals surface area contributed by atoms with Crippen LogP contribution < -0.4 is 15.9 Å². The molecule has 30 heavy (non-hydrogen) atoms. The van der Waals surface area contributed by atoms with Crippen LogP contribution in [0.1, 0.15) is 24.0 Å². The fourth-order valence-electron chi connectivity index (χ4n) is 3.35. The van der Waals surface area contributed by atoms with E-state index in [0.717, 1.165) is 29.1 Å². The number of ether oxygens (including phenoxy) is 1. The van der Waals surface area contributed by atoms with Crippen LogP contribution in [0.4, 0.5) is 5.69 Å². The first-order valence-corrected chi connectivity index (χ1v) is 10.3. The highest BCUT2D eigenvalue weighted by atomic mass is 32.1. The minimum Gasteiger partial charge on any atom is -0.495 e. The number of methoxy groups -OCH3 is 1. The van der Waals surface area contributed by atoms with E-state index in [9.17, 15) is 4.79 Å². The number of nitrogens with zero attached hydrogens (tertiary/aromatic N) is 4. The number of carbonyl (C=O) groups is 1. The zero-order valence-corrected chi connectivity index (χ0v) is 17.5. The zero-order chi connectivity index (χ0) is 21.1. The number of hydrazone groups is 1. The second-order valence-corrected chi connectivity index (χ2v) is 7.90. The standard InChI is InChI=1S/C21H22N6O2S.H2/c1-13-11-27(12-24-13)18-5-3-14(9-19(18)29-2)17(26-22)10-23-16-4-6-20-15(7-8-30-20)25-21(16)28;/h3,5,7-12,16H,4,6,22H2,1-2H3,(H,25,28);1H/b23-10?,26-17+;. The van der Waals surface area contributed by atoms with E-state index in [1.165, 1.54) is 4.88 Å². The number of fused-ring (bicyclic) bond motifs is 1. The number of aromatic nitrogens is 2. The van der Waals surface area contributed by atoms with E-state index in [-0.39, 0.29) is 7.33 Å². The van der Waals surface area contributed by atoms with E-state index < -0.39 is 6.04 Å². The molecule has 1 amide bonds. The lowest BCUT2D eigenvalue weighted by Crippen LogP contribution is -2.25. The Bertz CT molecular complexity index is 1140. The van der Waals surface area contributed by atoms with Gasteiger partial charge in [0.1, 0.15) is 17.5 Å². The molecule has 4 rings (SSSR count). The number of benzene rings is 1. The Hall–Kier alpha value is -3.46. The first-order chi connectivity index (χ1) is 14.6. The lowest BCUT2D eigenvalue weighted by atomic mass is 10.1. The van der Waals surface area contributed by atoms with E-state index in [0.29, 0.717) is 17.9 Å². The number of imidazole rings is 1. The van der Waals surface area contributed by atoms with E-state index in [1.54, 1.807) is 31.0 Å². The number of hydrogen-bond acceptors (Lipinski definition) is 7. The summed E-state index contributed by atoms with van der Waals surface area (Å²) in [6.07, 6.45) is 6.64. The summed E-state index contributed by atoms with van der Waals surface area (Å²) in [5.74, 6) is 6.15. The van der Waals surface area contributed by atoms with Crippen LogP contribution in [0.2, 0.25) is 0 Å². The molecular formula is C21H24N6O2S. The first kappa shape index (κ1) is 19.8. The number of thiophene rings is 1. The first-order valence-electron chi connectivity index (χ1n) is 9.46. The van der Waals surface area contributed by atoms with Gasteiger partial charge >= 0.3 is 0 Å². The van der Waals surface area contributed by atoms with Gasteiger partial charge in [-0.1, -0.05) is 6.07 Å². The molecule has 156 valence electrons. The number of aryl methyl sites for hydroxylation is 2. The van der Waals surface area contributed by atoms with Crippen molar-refractivity contribution >= 4 is 34.9 Å². The molecule has 1 unspecified atom stereocenters. The SMILES string of the molecule is COc1cc(/C(C=NC2CCc3sccc3NC2=O)=N/N)ccc1-n1cnc(C)c1.[HH]. The lowest BCUT2D eigenvalue weighted by Gasteiger charge is -2.12. The number of aliphatic imine (C=N–C) groups is 1. The Morgan fingerprint density at radius 2 is 2.33 bits per heavy atom. The minimum atomic E-state index is -0.489. The van der Waals surface area contributed by atoms with E-state index in [2.05, 4.69) is 20.4 Å². The molecule has 0 saturated carbocycles. The average molecular weight is 425 g/mol. The van der Waals surface area contributed by atoms with Crippen molar-refractivity contribution in [2.24, 2.45) is 15.9 Å². The number of nitrogens with two attached hydrogens (primary N) is 1. The Kier molecular flexibility index (Phi) is 5.62. The number of anilines is 1. The van der Waals surface area contributed by atoms with Crippen LogP contribution in [0.25, 0.3) is 5.69 Å². The summed E-state index contributed by atoms with van der Waals surface area (Å²) in [6, 6.07) is 7.07. The van der Waals surface area contributed by atoms with Crippen molar-refractivity contribution in [2.75, 3.05) is 12.4 Å². The molecule has 1 aromatic carbocycles. The molecule has 0 fully saturated rings. The normalized spacial score (nSPS) is 16.9. The van der Waals surface area contributed by atoms with E-state index in [1.807, 2.05) is 47.3 Å². The molecule has 8 nitrogen and oxygen atoms in total. The topological polar surface area (TPSA) is 107 Å². The van der Waals surface area contributed by atoms with Gasteiger partial charge < -0.3 is 20.5 Å². The molecule has 3 aromatic rings. The predicted molar refractivity (Wildman–Crippen MR) is 121 cm³/mol. The van der Waals surface area contributed by atoms with E-state index >= 15 is 0 Å². The van der Waals surface area contributed by atoms with Gasteiger partial charge in [-0.25, -0.2) is 4.98 Å². The molecule has 0 spiro atoms. The van der Waals surface area contributed by atoms with Gasteiger partial charge in [-0.15, -0.1) is 11.3 Å². The van der Waals surface area contributed by atoms with Crippen molar-refractivity contribution in [1.82, 2.24) is 9.55 Å². The predicted octanol–water partition coefficient (Wildman–Crippen LogP) is 3.18. The number of rotatable bonds is 5. The van der Waals surface area contributed by atoms with Crippen molar-refractivity contribution in [2.45, 2.75) is 25.8 Å². The maximum Gasteiger partial charge on any atom is 0.249 e. The van der Waals surface area contributed by atoms with Gasteiger partial charge in [-0.3, -0.25) is 9.79 Å². The van der Waals surface area contributed by atoms with Crippen molar-refractivity contribution in [3.05, 3.63) is 58.3 Å². The largest absolute Gasteiger partial charge is 0.495 e. The third-order valence-electron chi connectivity index (χ3n) is 4.93. The fraction of sp³-hybridized carbons (Fsp3) is 0.238. The molecule has 3 N–H and O–H groups in total. The van der Waals surface area contributed by atoms with Crippen LogP contribution in [-0.2, 0) is 11.2 Å². The number of hydrogen-bond donors (Lipinski definition) is 2. The highest BCUT2D eigenvalue weighted by molar-refractivity contribution is 7.10. The van der Waals surface area contributed by atoms with Crippen LogP contribution in [0.5, 0.6) is 5.75 Å². The quantitative estimate of drug-likeness (QED) is 0.373. The summed E-state index contributed by atoms with van der Waals surface area (Å²) < 4.78 is 7.44. The molecule has 2 aromatic heterocycles. The monoisotopic (exact) mass is 424 g/mol. The molecule has 0 bridgehead atoms. The van der Waals surface area contributed by atoms with Crippen molar-refractivity contribution < 1.29 is 11.0 Å². The Balaban J connectivity index is 0.00000272. The maximum atomic E-state index is 12.5. The van der Waals surface area contributed by atoms with Crippen LogP contribution in [0.15, 0.2) is 52.3 Å². The molecule has 9 heteroatoms. The number of nitrogens with one attached hydrogen (secondary N) is 1. The fourth-order valence-corrected chi connectivity index (χ4v) is 4.20. The van der Waals surface area contributed by atoms with Crippen LogP contribution in [-0.4, -0.2) is 40.5 Å². The molecule has 0 aliphatic carbocycles. The smallest absolute Gasteiger partial charge is 0.249 e. The molecule has 1 atom stereocenters. The summed E-state index contributed by atoms with van der Waals surface area (Å²) >= 11 is 1.64. The van der Waals surface area contributed by atoms with Crippen LogP contribution in [0.3, 0.4) is 0 Å². The van der Waals surface area contributed by atoms with Gasteiger partial charge in [0.15, 0.2) is 0 Å². The summed E-state index contributed by atoms with van der Waals surface area (Å²) in [5, 5.41) is 8.79. The van der Waals surface area contributed by atoms with Gasteiger partial charge in [-0.05, 0) is 43.3 Å². The van der Waals surface area contributed by atoms with Gasteiger partial charge in [0.25, 0.3) is 0 Å². The average Bonchev–Trinajstić information content (AvgIpc) is 3.35. The summed E-state index contributed by atoms with van der Waals surface area (Å²) in [6.45, 7) is 1.93. The van der Waals surface area contributed by atoms with Gasteiger partial charge in [-0.2, -0.15) is 5.10 Å². The van der Waals surface area contributed by atoms with Crippen molar-refractivity contribution in [3.8, 4) is 11.4 Å². The van der Waals surface area contributed by atoms with Crippen LogP contribution in [0, 0.1) is 6.92 Å². The zero-order valence-electron chi connectivity index (χ0n) is 16.7. The Morgan fingerprint density at radius 1 is 1.47 bits per heavy atom. The van der Waals surface area contributed by atoms with Crippen LogP contribution >= 0.6 is 11.3 Å². The molecule has 3 heterocycles. The van der Waals surface area contributed by atoms with E-state index in [4.69, 9.17) is 10.6 Å². The second kappa shape index (κ2) is 8.50. The van der Waals surface area contributed by atoms with Crippen molar-refractivity contribution in [1.29, 1.82) is 0 Å². The van der Waals surface area contributed by atoms with Gasteiger partial charge in [0.2, 0.25) is 5.91 Å². The summed E-state index contributed by atoms with van der Waals surface area (Å²) in [7, 11) is 1.61. The molecule has 0 radical (unpaired) electrons. The lowest BCUT2D eigenvalue weighted by molar-refractivity contribution is -0.117. The maximum absolute atomic E-state index is 12.5. The molecule has 1 aliphatic rings. The third kappa shape index (κ3) is 3.97. The highest BCUT2D eigenvalue weighted by Gasteiger charge is 2.23. The number of carbonyl (C=O) groups excluding carboxylic acids is 1. The Morgan fingerprint density at radius 3 is 3.07 bits per heavy atom. The molecule has 1 aliphatic heterocycles. The molecule has 0 saturated heterocycles. The Labute approximate surface area is 179 Å². The summed E-state index contributed by atoms with van der Waals surface area (Å²) in [4.78, 5) is 22.4. The van der Waals surface area contributed by atoms with Crippen molar-refractivity contribution in [3.63, 3.8) is 0 Å². The summed E-state index contributed by atoms with van der Waals surface area (Å²) in [5.41, 5.74) is 3.85. The molecular weight excluding hydrogens is 400 g/mol. The van der Waals surface area contributed by atoms with Gasteiger partial charge in [0.05, 0.1) is 36.7 Å². The van der Waals surface area contributed by atoms with Gasteiger partial charge in [0, 0.05) is 18.1 Å². The second-order valence-electron chi connectivity index (χ2n) is 6.90.